The van der Waals surface area contributed by atoms with Gasteiger partial charge in [0.1, 0.15) is 5.69 Å². The molecule has 0 aliphatic heterocycles. The number of aromatic nitrogens is 4. The number of nitrogens with zero attached hydrogens (tertiary/aromatic N) is 4. The average Bonchev–Trinajstić information content (AvgIpc) is 3.90. The summed E-state index contributed by atoms with van der Waals surface area (Å²) in [5.41, 5.74) is 11.9. The maximum Gasteiger partial charge on any atom is 0.165 e. The molecule has 4 aromatic heterocycles. The average molecular weight is 719 g/mol. The third-order valence-corrected chi connectivity index (χ3v) is 12.4. The second-order valence-electron chi connectivity index (χ2n) is 14.1. The van der Waals surface area contributed by atoms with E-state index in [0.717, 1.165) is 39.1 Å². The summed E-state index contributed by atoms with van der Waals surface area (Å²) in [7, 11) is 0. The molecular weight excluding hydrogens is 689 g/mol. The smallest absolute Gasteiger partial charge is 0.165 e. The number of thiophene rings is 1. The lowest BCUT2D eigenvalue weighted by Crippen LogP contribution is -2.03. The molecule has 0 radical (unpaired) electrons. The molecule has 0 saturated heterocycles. The summed E-state index contributed by atoms with van der Waals surface area (Å²) in [5.74, 6) is 0.823. The minimum atomic E-state index is 0.823. The summed E-state index contributed by atoms with van der Waals surface area (Å²) in [6.45, 7) is 0. The fraction of sp³-hybridized carbons (Fsp3) is 0. The molecule has 0 atom stereocenters. The van der Waals surface area contributed by atoms with Crippen molar-refractivity contribution in [3.8, 4) is 33.9 Å². The summed E-state index contributed by atoms with van der Waals surface area (Å²) in [6, 6.07) is 65.2. The van der Waals surface area contributed by atoms with Gasteiger partial charge in [0, 0.05) is 42.6 Å². The van der Waals surface area contributed by atoms with E-state index in [1.807, 2.05) is 35.6 Å². The van der Waals surface area contributed by atoms with Crippen LogP contribution in [0.25, 0.3) is 109 Å². The highest BCUT2D eigenvalue weighted by molar-refractivity contribution is 7.26. The molecule has 0 spiro atoms. The first-order valence-electron chi connectivity index (χ1n) is 18.6. The monoisotopic (exact) mass is 718 g/mol. The molecule has 12 aromatic rings. The minimum absolute atomic E-state index is 0.823. The van der Waals surface area contributed by atoms with E-state index in [4.69, 9.17) is 9.97 Å². The molecule has 4 heterocycles. The Labute approximate surface area is 319 Å². The van der Waals surface area contributed by atoms with Crippen molar-refractivity contribution >= 4 is 86.2 Å². The van der Waals surface area contributed by atoms with Gasteiger partial charge < -0.3 is 4.57 Å². The summed E-state index contributed by atoms with van der Waals surface area (Å²) < 4.78 is 7.41. The second kappa shape index (κ2) is 11.7. The molecule has 0 aliphatic rings. The molecule has 256 valence electrons. The molecule has 12 rings (SSSR count). The van der Waals surface area contributed by atoms with Gasteiger partial charge in [-0.15, -0.1) is 11.3 Å². The number of fused-ring (bicyclic) bond motifs is 10. The quantitative estimate of drug-likeness (QED) is 0.182. The zero-order chi connectivity index (χ0) is 36.0. The van der Waals surface area contributed by atoms with Gasteiger partial charge in [-0.1, -0.05) is 140 Å². The molecule has 0 fully saturated rings. The minimum Gasteiger partial charge on any atom is -0.308 e. The van der Waals surface area contributed by atoms with Gasteiger partial charge in [-0.25, -0.2) is 9.97 Å². The Bertz CT molecular complexity index is 3480. The fourth-order valence-corrected chi connectivity index (χ4v) is 10.0. The summed E-state index contributed by atoms with van der Waals surface area (Å²) >= 11 is 1.89. The molecule has 0 unspecified atom stereocenters. The lowest BCUT2D eigenvalue weighted by molar-refractivity contribution is 1.08. The van der Waals surface area contributed by atoms with E-state index in [9.17, 15) is 0 Å². The Kier molecular flexibility index (Phi) is 6.47. The predicted molar refractivity (Wildman–Crippen MR) is 232 cm³/mol. The van der Waals surface area contributed by atoms with E-state index in [2.05, 4.69) is 167 Å². The van der Waals surface area contributed by atoms with Crippen molar-refractivity contribution in [3.05, 3.63) is 182 Å². The van der Waals surface area contributed by atoms with Crippen molar-refractivity contribution in [2.45, 2.75) is 0 Å². The van der Waals surface area contributed by atoms with E-state index < -0.39 is 0 Å². The highest BCUT2D eigenvalue weighted by atomic mass is 32.1. The van der Waals surface area contributed by atoms with Crippen LogP contribution in [0.15, 0.2) is 182 Å². The fourth-order valence-electron chi connectivity index (χ4n) is 8.68. The summed E-state index contributed by atoms with van der Waals surface area (Å²) in [4.78, 5) is 10.6. The number of rotatable bonds is 4. The molecule has 0 saturated carbocycles. The lowest BCUT2D eigenvalue weighted by Gasteiger charge is -2.14. The molecule has 0 aliphatic carbocycles. The van der Waals surface area contributed by atoms with Crippen LogP contribution in [-0.4, -0.2) is 19.1 Å². The van der Waals surface area contributed by atoms with Crippen LogP contribution in [0.1, 0.15) is 0 Å². The highest BCUT2D eigenvalue weighted by Gasteiger charge is 2.23. The van der Waals surface area contributed by atoms with E-state index in [1.165, 1.54) is 69.6 Å². The topological polar surface area (TPSA) is 35.6 Å². The van der Waals surface area contributed by atoms with Crippen LogP contribution in [0.5, 0.6) is 0 Å². The molecule has 0 amide bonds. The normalized spacial score (nSPS) is 12.0. The molecule has 5 heteroatoms. The lowest BCUT2D eigenvalue weighted by atomic mass is 10.0. The SMILES string of the molecule is c1ccc(-c2nc3ccccc3nc2-n2c3ccccc3c3cc4c(cc32)c2ccccc2n4-c2cccc3c2sc2c(-c4ccccc4)cccc23)cc1. The van der Waals surface area contributed by atoms with Crippen LogP contribution in [0.4, 0.5) is 0 Å². The molecule has 55 heavy (non-hydrogen) atoms. The van der Waals surface area contributed by atoms with Crippen molar-refractivity contribution in [1.82, 2.24) is 19.1 Å². The van der Waals surface area contributed by atoms with Crippen molar-refractivity contribution in [1.29, 1.82) is 0 Å². The van der Waals surface area contributed by atoms with Gasteiger partial charge in [-0.05, 0) is 53.6 Å². The Morgan fingerprint density at radius 1 is 0.364 bits per heavy atom. The van der Waals surface area contributed by atoms with Crippen molar-refractivity contribution in [2.75, 3.05) is 0 Å². The third-order valence-electron chi connectivity index (χ3n) is 11.1. The first-order valence-corrected chi connectivity index (χ1v) is 19.4. The number of benzene rings is 8. The van der Waals surface area contributed by atoms with Crippen LogP contribution >= 0.6 is 11.3 Å². The first-order chi connectivity index (χ1) is 27.3. The second-order valence-corrected chi connectivity index (χ2v) is 15.2. The van der Waals surface area contributed by atoms with Crippen molar-refractivity contribution in [3.63, 3.8) is 0 Å². The predicted octanol–water partition coefficient (Wildman–Crippen LogP) is 13.5. The molecule has 8 aromatic carbocycles. The first kappa shape index (κ1) is 30.4. The van der Waals surface area contributed by atoms with Crippen LogP contribution in [0.2, 0.25) is 0 Å². The highest BCUT2D eigenvalue weighted by Crippen LogP contribution is 2.45. The van der Waals surface area contributed by atoms with Gasteiger partial charge in [-0.2, -0.15) is 0 Å². The van der Waals surface area contributed by atoms with Gasteiger partial charge in [0.15, 0.2) is 5.82 Å². The van der Waals surface area contributed by atoms with Crippen LogP contribution in [-0.2, 0) is 0 Å². The summed E-state index contributed by atoms with van der Waals surface area (Å²) in [6.07, 6.45) is 0. The molecule has 4 nitrogen and oxygen atoms in total. The summed E-state index contributed by atoms with van der Waals surface area (Å²) in [5, 5.41) is 7.34. The van der Waals surface area contributed by atoms with Gasteiger partial charge in [0.2, 0.25) is 0 Å². The molecule has 0 N–H and O–H groups in total. The Morgan fingerprint density at radius 2 is 0.891 bits per heavy atom. The van der Waals surface area contributed by atoms with Crippen LogP contribution in [0, 0.1) is 0 Å². The van der Waals surface area contributed by atoms with Gasteiger partial charge in [0.25, 0.3) is 0 Å². The molecule has 0 bridgehead atoms. The maximum absolute atomic E-state index is 5.37. The van der Waals surface area contributed by atoms with Gasteiger partial charge >= 0.3 is 0 Å². The van der Waals surface area contributed by atoms with Gasteiger partial charge in [0.05, 0.1) is 43.5 Å². The van der Waals surface area contributed by atoms with E-state index >= 15 is 0 Å². The molecular formula is C50H30N4S. The zero-order valence-electron chi connectivity index (χ0n) is 29.5. The standard InChI is InChI=1S/C50H30N4S/c1-3-15-31(16-4-1)33-21-13-22-36-37-23-14-28-44(49(37)55-48(33)36)53-42-26-11-7-19-34(42)38-30-46-39(29-45(38)53)35-20-8-12-27-43(35)54(46)50-47(32-17-5-2-6-18-32)51-40-24-9-10-25-41(40)52-50/h1-30H. The van der Waals surface area contributed by atoms with Crippen LogP contribution < -0.4 is 0 Å². The number of para-hydroxylation sites is 4. The Balaban J connectivity index is 1.18. The van der Waals surface area contributed by atoms with Crippen LogP contribution in [0.3, 0.4) is 0 Å². The Morgan fingerprint density at radius 3 is 1.60 bits per heavy atom. The van der Waals surface area contributed by atoms with Crippen molar-refractivity contribution < 1.29 is 0 Å². The Hall–Kier alpha value is -7.08. The zero-order valence-corrected chi connectivity index (χ0v) is 30.3. The number of hydrogen-bond donors (Lipinski definition) is 0. The maximum atomic E-state index is 5.37. The number of hydrogen-bond acceptors (Lipinski definition) is 3. The van der Waals surface area contributed by atoms with E-state index in [1.54, 1.807) is 0 Å². The van der Waals surface area contributed by atoms with Gasteiger partial charge in [-0.3, -0.25) is 4.57 Å². The van der Waals surface area contributed by atoms with E-state index in [0.29, 0.717) is 0 Å². The largest absolute Gasteiger partial charge is 0.308 e. The van der Waals surface area contributed by atoms with E-state index in [-0.39, 0.29) is 0 Å². The third kappa shape index (κ3) is 4.45. The van der Waals surface area contributed by atoms with Crippen molar-refractivity contribution in [2.24, 2.45) is 0 Å².